The third-order valence-electron chi connectivity index (χ3n) is 3.83. The van der Waals surface area contributed by atoms with Gasteiger partial charge in [-0.15, -0.1) is 0 Å². The Morgan fingerprint density at radius 3 is 2.78 bits per heavy atom. The Bertz CT molecular complexity index is 926. The summed E-state index contributed by atoms with van der Waals surface area (Å²) in [6, 6.07) is 14.4. The number of carbonyl (C=O) groups is 1. The average Bonchev–Trinajstić information content (AvgIpc) is 2.86. The minimum absolute atomic E-state index is 0.129. The maximum atomic E-state index is 12.2. The molecule has 2 N–H and O–H groups in total. The molecule has 0 atom stereocenters. The highest BCUT2D eigenvalue weighted by Gasteiger charge is 2.27. The van der Waals surface area contributed by atoms with Gasteiger partial charge in [0.05, 0.1) is 17.0 Å². The first kappa shape index (κ1) is 13.6. The van der Waals surface area contributed by atoms with E-state index in [-0.39, 0.29) is 17.4 Å². The van der Waals surface area contributed by atoms with Crippen molar-refractivity contribution in [1.29, 1.82) is 0 Å². The second-order valence-corrected chi connectivity index (χ2v) is 5.39. The largest absolute Gasteiger partial charge is 0.508 e. The SMILES string of the molecule is O=C1NCCC(=Nc2ccccc2)c2c1oc1ccc(O)cc21. The first-order valence-electron chi connectivity index (χ1n) is 7.39. The van der Waals surface area contributed by atoms with E-state index in [1.807, 2.05) is 30.3 Å². The monoisotopic (exact) mass is 306 g/mol. The van der Waals surface area contributed by atoms with Crippen molar-refractivity contribution in [1.82, 2.24) is 5.32 Å². The molecule has 0 aliphatic carbocycles. The van der Waals surface area contributed by atoms with E-state index < -0.39 is 0 Å². The number of nitrogens with one attached hydrogen (secondary N) is 1. The molecule has 0 bridgehead atoms. The normalized spacial score (nSPS) is 16.2. The molecular weight excluding hydrogens is 292 g/mol. The van der Waals surface area contributed by atoms with Crippen molar-refractivity contribution in [3.63, 3.8) is 0 Å². The van der Waals surface area contributed by atoms with Crippen LogP contribution in [0, 0.1) is 0 Å². The van der Waals surface area contributed by atoms with Crippen molar-refractivity contribution >= 4 is 28.3 Å². The van der Waals surface area contributed by atoms with Gasteiger partial charge in [0.25, 0.3) is 5.91 Å². The van der Waals surface area contributed by atoms with Crippen LogP contribution in [-0.2, 0) is 0 Å². The summed E-state index contributed by atoms with van der Waals surface area (Å²) in [5.74, 6) is 0.122. The van der Waals surface area contributed by atoms with Gasteiger partial charge >= 0.3 is 0 Å². The van der Waals surface area contributed by atoms with Gasteiger partial charge < -0.3 is 14.8 Å². The number of aliphatic imine (C=N–C) groups is 1. The number of carbonyl (C=O) groups excluding carboxylic acids is 1. The van der Waals surface area contributed by atoms with Crippen LogP contribution >= 0.6 is 0 Å². The van der Waals surface area contributed by atoms with Gasteiger partial charge in [-0.2, -0.15) is 0 Å². The van der Waals surface area contributed by atoms with E-state index in [1.54, 1.807) is 12.1 Å². The zero-order valence-corrected chi connectivity index (χ0v) is 12.2. The van der Waals surface area contributed by atoms with Gasteiger partial charge in [-0.25, -0.2) is 0 Å². The molecule has 114 valence electrons. The Labute approximate surface area is 132 Å². The fraction of sp³-hybridized carbons (Fsp3) is 0.111. The summed E-state index contributed by atoms with van der Waals surface area (Å²) in [5.41, 5.74) is 2.81. The molecule has 5 nitrogen and oxygen atoms in total. The first-order valence-corrected chi connectivity index (χ1v) is 7.39. The Hall–Kier alpha value is -3.08. The minimum atomic E-state index is -0.256. The summed E-state index contributed by atoms with van der Waals surface area (Å²) < 4.78 is 5.70. The van der Waals surface area contributed by atoms with E-state index in [0.29, 0.717) is 29.5 Å². The average molecular weight is 306 g/mol. The lowest BCUT2D eigenvalue weighted by Gasteiger charge is -2.03. The summed E-state index contributed by atoms with van der Waals surface area (Å²) in [6.45, 7) is 0.495. The van der Waals surface area contributed by atoms with Crippen LogP contribution in [0.3, 0.4) is 0 Å². The molecule has 0 saturated heterocycles. The summed E-state index contributed by atoms with van der Waals surface area (Å²) in [6.07, 6.45) is 0.595. The molecule has 0 saturated carbocycles. The Balaban J connectivity index is 1.98. The van der Waals surface area contributed by atoms with Crippen molar-refractivity contribution in [3.8, 4) is 5.75 Å². The summed E-state index contributed by atoms with van der Waals surface area (Å²) in [4.78, 5) is 16.9. The van der Waals surface area contributed by atoms with Crippen LogP contribution in [-0.4, -0.2) is 23.3 Å². The Morgan fingerprint density at radius 2 is 1.96 bits per heavy atom. The number of phenolic OH excluding ortho intramolecular Hbond substituents is 1. The number of para-hydroxylation sites is 1. The third kappa shape index (κ3) is 2.36. The zero-order chi connectivity index (χ0) is 15.8. The van der Waals surface area contributed by atoms with Crippen LogP contribution in [0.2, 0.25) is 0 Å². The number of furan rings is 1. The first-order chi connectivity index (χ1) is 11.2. The maximum Gasteiger partial charge on any atom is 0.287 e. The number of aromatic hydroxyl groups is 1. The molecule has 3 aromatic rings. The quantitative estimate of drug-likeness (QED) is 0.723. The highest BCUT2D eigenvalue weighted by Crippen LogP contribution is 2.32. The molecule has 0 unspecified atom stereocenters. The topological polar surface area (TPSA) is 74.8 Å². The summed E-state index contributed by atoms with van der Waals surface area (Å²) in [7, 11) is 0. The number of hydrogen-bond acceptors (Lipinski definition) is 4. The summed E-state index contributed by atoms with van der Waals surface area (Å²) in [5, 5.41) is 13.3. The van der Waals surface area contributed by atoms with Crippen molar-refractivity contribution in [2.45, 2.75) is 6.42 Å². The Morgan fingerprint density at radius 1 is 1.13 bits per heavy atom. The van der Waals surface area contributed by atoms with Crippen molar-refractivity contribution in [2.24, 2.45) is 4.99 Å². The molecule has 1 aliphatic heterocycles. The number of fused-ring (bicyclic) bond motifs is 3. The van der Waals surface area contributed by atoms with E-state index in [0.717, 1.165) is 11.4 Å². The van der Waals surface area contributed by atoms with E-state index in [4.69, 9.17) is 4.42 Å². The molecule has 4 rings (SSSR count). The van der Waals surface area contributed by atoms with Crippen molar-refractivity contribution in [3.05, 3.63) is 59.9 Å². The van der Waals surface area contributed by atoms with Gasteiger partial charge in [0.1, 0.15) is 11.3 Å². The van der Waals surface area contributed by atoms with Gasteiger partial charge in [-0.1, -0.05) is 18.2 Å². The number of hydrogen-bond donors (Lipinski definition) is 2. The third-order valence-corrected chi connectivity index (χ3v) is 3.83. The van der Waals surface area contributed by atoms with Gasteiger partial charge in [-0.3, -0.25) is 9.79 Å². The molecule has 0 spiro atoms. The molecule has 1 amide bonds. The highest BCUT2D eigenvalue weighted by molar-refractivity contribution is 6.18. The number of phenols is 1. The fourth-order valence-electron chi connectivity index (χ4n) is 2.80. The lowest BCUT2D eigenvalue weighted by atomic mass is 10.0. The van der Waals surface area contributed by atoms with Crippen LogP contribution in [0.15, 0.2) is 57.9 Å². The smallest absolute Gasteiger partial charge is 0.287 e. The zero-order valence-electron chi connectivity index (χ0n) is 12.2. The summed E-state index contributed by atoms with van der Waals surface area (Å²) >= 11 is 0. The molecule has 0 radical (unpaired) electrons. The van der Waals surface area contributed by atoms with E-state index >= 15 is 0 Å². The standard InChI is InChI=1S/C18H14N2O3/c21-12-6-7-15-13(10-12)16-14(20-11-4-2-1-3-5-11)8-9-19-18(22)17(16)23-15/h1-7,10,21H,8-9H2,(H,19,22). The number of rotatable bonds is 1. The van der Waals surface area contributed by atoms with Crippen LogP contribution < -0.4 is 5.32 Å². The van der Waals surface area contributed by atoms with Gasteiger partial charge in [0.15, 0.2) is 0 Å². The van der Waals surface area contributed by atoms with Gasteiger partial charge in [-0.05, 0) is 30.3 Å². The fourth-order valence-corrected chi connectivity index (χ4v) is 2.80. The molecule has 0 fully saturated rings. The molecule has 23 heavy (non-hydrogen) atoms. The lowest BCUT2D eigenvalue weighted by molar-refractivity contribution is 0.0931. The van der Waals surface area contributed by atoms with Crippen LogP contribution in [0.1, 0.15) is 22.5 Å². The van der Waals surface area contributed by atoms with Crippen LogP contribution in [0.5, 0.6) is 5.75 Å². The number of benzene rings is 2. The number of amides is 1. The van der Waals surface area contributed by atoms with Crippen molar-refractivity contribution < 1.29 is 14.3 Å². The van der Waals surface area contributed by atoms with Gasteiger partial charge in [0, 0.05) is 18.4 Å². The van der Waals surface area contributed by atoms with E-state index in [2.05, 4.69) is 10.3 Å². The van der Waals surface area contributed by atoms with E-state index in [9.17, 15) is 9.90 Å². The number of nitrogens with zero attached hydrogens (tertiary/aromatic N) is 1. The van der Waals surface area contributed by atoms with Crippen molar-refractivity contribution in [2.75, 3.05) is 6.54 Å². The maximum absolute atomic E-state index is 12.2. The molecule has 2 aromatic carbocycles. The highest BCUT2D eigenvalue weighted by atomic mass is 16.3. The molecular formula is C18H14N2O3. The van der Waals surface area contributed by atoms with Crippen LogP contribution in [0.25, 0.3) is 11.0 Å². The lowest BCUT2D eigenvalue weighted by Crippen LogP contribution is -2.22. The molecule has 2 heterocycles. The van der Waals surface area contributed by atoms with Crippen LogP contribution in [0.4, 0.5) is 5.69 Å². The second kappa shape index (κ2) is 5.28. The predicted octanol–water partition coefficient (Wildman–Crippen LogP) is 3.39. The van der Waals surface area contributed by atoms with Gasteiger partial charge in [0.2, 0.25) is 5.76 Å². The molecule has 5 heteroatoms. The second-order valence-electron chi connectivity index (χ2n) is 5.39. The van der Waals surface area contributed by atoms with E-state index in [1.165, 1.54) is 6.07 Å². The Kier molecular flexibility index (Phi) is 3.12. The minimum Gasteiger partial charge on any atom is -0.508 e. The predicted molar refractivity (Wildman–Crippen MR) is 87.5 cm³/mol. The molecule has 1 aliphatic rings. The molecule has 1 aromatic heterocycles.